The van der Waals surface area contributed by atoms with Gasteiger partial charge in [-0.2, -0.15) is 0 Å². The smallest absolute Gasteiger partial charge is 0.280 e. The summed E-state index contributed by atoms with van der Waals surface area (Å²) in [5, 5.41) is 16.7. The minimum Gasteiger partial charge on any atom is -0.390 e. The van der Waals surface area contributed by atoms with Gasteiger partial charge in [-0.05, 0) is 53.8 Å². The van der Waals surface area contributed by atoms with Crippen LogP contribution in [0.25, 0.3) is 11.0 Å². The average Bonchev–Trinajstić information content (AvgIpc) is 2.87. The average molecular weight is 507 g/mol. The quantitative estimate of drug-likeness (QED) is 0.264. The number of carbonyl (C=O) groups excluding carboxylic acids is 1. The topological polar surface area (TPSA) is 107 Å². The predicted octanol–water partition coefficient (Wildman–Crippen LogP) is 3.26. The summed E-state index contributed by atoms with van der Waals surface area (Å²) in [6.07, 6.45) is -0.305. The first-order valence-electron chi connectivity index (χ1n) is 12.0. The van der Waals surface area contributed by atoms with Crippen LogP contribution in [-0.2, 0) is 19.4 Å². The molecule has 4 aromatic rings. The van der Waals surface area contributed by atoms with Crippen molar-refractivity contribution >= 4 is 16.9 Å². The Balaban J connectivity index is 1.52. The molecule has 0 radical (unpaired) electrons. The van der Waals surface area contributed by atoms with Gasteiger partial charge in [0.1, 0.15) is 11.6 Å². The number of aliphatic hydroxyl groups excluding tert-OH is 1. The lowest BCUT2D eigenvalue weighted by Gasteiger charge is -2.25. The van der Waals surface area contributed by atoms with Crippen LogP contribution in [0, 0.1) is 11.6 Å². The van der Waals surface area contributed by atoms with Crippen LogP contribution >= 0.6 is 0 Å². The molecule has 0 fully saturated rings. The summed E-state index contributed by atoms with van der Waals surface area (Å²) in [5.74, 6) is -2.34. The zero-order chi connectivity index (χ0) is 26.4. The third-order valence-corrected chi connectivity index (χ3v) is 6.06. The molecule has 0 bridgehead atoms. The van der Waals surface area contributed by atoms with Gasteiger partial charge in [-0.15, -0.1) is 0 Å². The molecule has 0 aliphatic rings. The molecule has 2 atom stereocenters. The molecule has 3 aromatic carbocycles. The zero-order valence-corrected chi connectivity index (χ0v) is 20.3. The van der Waals surface area contributed by atoms with Gasteiger partial charge in [-0.3, -0.25) is 9.59 Å². The molecule has 2 unspecified atom stereocenters. The highest BCUT2D eigenvalue weighted by Gasteiger charge is 2.25. The summed E-state index contributed by atoms with van der Waals surface area (Å²) in [5.41, 5.74) is 2.32. The number of aromatic amines is 1. The van der Waals surface area contributed by atoms with Gasteiger partial charge in [0.2, 0.25) is 0 Å². The zero-order valence-electron chi connectivity index (χ0n) is 20.3. The normalized spacial score (nSPS) is 12.9. The lowest BCUT2D eigenvalue weighted by Crippen LogP contribution is -2.49. The fourth-order valence-electron chi connectivity index (χ4n) is 4.15. The monoisotopic (exact) mass is 506 g/mol. The van der Waals surface area contributed by atoms with Gasteiger partial charge in [-0.25, -0.2) is 13.8 Å². The molecular weight excluding hydrogens is 478 g/mol. The van der Waals surface area contributed by atoms with Gasteiger partial charge >= 0.3 is 0 Å². The van der Waals surface area contributed by atoms with Crippen molar-refractivity contribution in [3.05, 3.63) is 111 Å². The minimum atomic E-state index is -1.14. The largest absolute Gasteiger partial charge is 0.390 e. The molecule has 1 heterocycles. The second-order valence-corrected chi connectivity index (χ2v) is 8.87. The van der Waals surface area contributed by atoms with Crippen molar-refractivity contribution in [2.24, 2.45) is 0 Å². The van der Waals surface area contributed by atoms with Gasteiger partial charge < -0.3 is 20.7 Å². The Morgan fingerprint density at radius 3 is 2.49 bits per heavy atom. The van der Waals surface area contributed by atoms with Crippen LogP contribution in [0.1, 0.15) is 34.1 Å². The number of nitrogens with zero attached hydrogens (tertiary/aromatic N) is 1. The SMILES string of the molecule is CCc1cccc(CNCC(O)C(Cc2cc(F)cc(F)c2)NC(=O)c2nc3ccccc3[nH]c2=O)c1. The lowest BCUT2D eigenvalue weighted by molar-refractivity contribution is 0.0824. The molecule has 0 saturated heterocycles. The van der Waals surface area contributed by atoms with E-state index >= 15 is 0 Å². The number of benzene rings is 3. The molecule has 9 heteroatoms. The highest BCUT2D eigenvalue weighted by Crippen LogP contribution is 2.13. The van der Waals surface area contributed by atoms with E-state index in [-0.39, 0.29) is 24.2 Å². The van der Waals surface area contributed by atoms with E-state index in [9.17, 15) is 23.5 Å². The first-order valence-corrected chi connectivity index (χ1v) is 12.0. The molecule has 4 rings (SSSR count). The van der Waals surface area contributed by atoms with Gasteiger partial charge in [0.15, 0.2) is 5.69 Å². The fraction of sp³-hybridized carbons (Fsp3) is 0.250. The highest BCUT2D eigenvalue weighted by atomic mass is 19.1. The van der Waals surface area contributed by atoms with E-state index in [2.05, 4.69) is 33.6 Å². The van der Waals surface area contributed by atoms with Crippen molar-refractivity contribution in [3.8, 4) is 0 Å². The molecule has 0 aliphatic heterocycles. The van der Waals surface area contributed by atoms with Crippen LogP contribution in [0.4, 0.5) is 8.78 Å². The second-order valence-electron chi connectivity index (χ2n) is 8.87. The molecule has 0 aliphatic carbocycles. The number of aryl methyl sites for hydroxylation is 1. The lowest BCUT2D eigenvalue weighted by atomic mass is 10.00. The number of H-pyrrole nitrogens is 1. The predicted molar refractivity (Wildman–Crippen MR) is 137 cm³/mol. The van der Waals surface area contributed by atoms with Crippen LogP contribution in [0.15, 0.2) is 71.5 Å². The summed E-state index contributed by atoms with van der Waals surface area (Å²) in [6.45, 7) is 2.63. The minimum absolute atomic E-state index is 0.0694. The number of amides is 1. The Morgan fingerprint density at radius 2 is 1.73 bits per heavy atom. The van der Waals surface area contributed by atoms with Crippen LogP contribution in [0.5, 0.6) is 0 Å². The third-order valence-electron chi connectivity index (χ3n) is 6.06. The van der Waals surface area contributed by atoms with E-state index in [1.165, 1.54) is 5.56 Å². The molecule has 0 saturated carbocycles. The Morgan fingerprint density at radius 1 is 1.00 bits per heavy atom. The Labute approximate surface area is 212 Å². The number of hydrogen-bond acceptors (Lipinski definition) is 5. The third kappa shape index (κ3) is 6.84. The van der Waals surface area contributed by atoms with Crippen LogP contribution < -0.4 is 16.2 Å². The van der Waals surface area contributed by atoms with Crippen molar-refractivity contribution in [1.82, 2.24) is 20.6 Å². The first-order chi connectivity index (χ1) is 17.8. The van der Waals surface area contributed by atoms with E-state index in [0.29, 0.717) is 17.6 Å². The Hall–Kier alpha value is -3.95. The van der Waals surface area contributed by atoms with Crippen molar-refractivity contribution in [2.75, 3.05) is 6.54 Å². The van der Waals surface area contributed by atoms with Crippen LogP contribution in [-0.4, -0.2) is 39.7 Å². The maximum atomic E-state index is 13.8. The van der Waals surface area contributed by atoms with Crippen molar-refractivity contribution in [3.63, 3.8) is 0 Å². The number of carbonyl (C=O) groups is 1. The first kappa shape index (κ1) is 26.1. The van der Waals surface area contributed by atoms with E-state index in [1.54, 1.807) is 24.3 Å². The summed E-state index contributed by atoms with van der Waals surface area (Å²) in [4.78, 5) is 32.3. The summed E-state index contributed by atoms with van der Waals surface area (Å²) < 4.78 is 27.6. The summed E-state index contributed by atoms with van der Waals surface area (Å²) >= 11 is 0. The molecule has 37 heavy (non-hydrogen) atoms. The number of nitrogens with one attached hydrogen (secondary N) is 3. The maximum Gasteiger partial charge on any atom is 0.280 e. The molecule has 1 aromatic heterocycles. The number of rotatable bonds is 10. The van der Waals surface area contributed by atoms with E-state index < -0.39 is 35.2 Å². The van der Waals surface area contributed by atoms with Crippen LogP contribution in [0.2, 0.25) is 0 Å². The van der Waals surface area contributed by atoms with Crippen molar-refractivity contribution in [1.29, 1.82) is 0 Å². The van der Waals surface area contributed by atoms with E-state index in [4.69, 9.17) is 0 Å². The molecular formula is C28H28F2N4O3. The maximum absolute atomic E-state index is 13.8. The number of hydrogen-bond donors (Lipinski definition) is 4. The number of fused-ring (bicyclic) bond motifs is 1. The number of para-hydroxylation sites is 2. The van der Waals surface area contributed by atoms with Gasteiger partial charge in [0.25, 0.3) is 11.5 Å². The molecule has 4 N–H and O–H groups in total. The van der Waals surface area contributed by atoms with Crippen LogP contribution in [0.3, 0.4) is 0 Å². The Bertz CT molecular complexity index is 1440. The molecule has 192 valence electrons. The van der Waals surface area contributed by atoms with Gasteiger partial charge in [0, 0.05) is 19.2 Å². The van der Waals surface area contributed by atoms with E-state index in [1.807, 2.05) is 18.2 Å². The highest BCUT2D eigenvalue weighted by molar-refractivity contribution is 5.93. The summed E-state index contributed by atoms with van der Waals surface area (Å²) in [6, 6.07) is 16.9. The summed E-state index contributed by atoms with van der Waals surface area (Å²) in [7, 11) is 0. The number of aliphatic hydroxyl groups is 1. The van der Waals surface area contributed by atoms with Crippen molar-refractivity contribution in [2.45, 2.75) is 38.5 Å². The molecule has 1 amide bonds. The number of halogens is 2. The second kappa shape index (κ2) is 11.9. The molecule has 0 spiro atoms. The van der Waals surface area contributed by atoms with Crippen molar-refractivity contribution < 1.29 is 18.7 Å². The molecule has 7 nitrogen and oxygen atoms in total. The fourth-order valence-corrected chi connectivity index (χ4v) is 4.15. The Kier molecular flexibility index (Phi) is 8.37. The van der Waals surface area contributed by atoms with Gasteiger partial charge in [0.05, 0.1) is 23.2 Å². The van der Waals surface area contributed by atoms with E-state index in [0.717, 1.165) is 30.2 Å². The van der Waals surface area contributed by atoms with Gasteiger partial charge in [-0.1, -0.05) is 43.3 Å². The number of aromatic nitrogens is 2. The standard InChI is InChI=1S/C28H28F2N4O3/c1-2-17-6-5-7-18(10-17)15-31-16-25(35)24(13-19-11-20(29)14-21(30)12-19)34-28(37)26-27(36)33-23-9-4-3-8-22(23)32-26/h3-12,14,24-25,31,35H,2,13,15-16H2,1H3,(H,33,36)(H,34,37).